The first-order valence-corrected chi connectivity index (χ1v) is 0.289. The third-order valence-corrected chi connectivity index (χ3v) is 0. The van der Waals surface area contributed by atoms with E-state index >= 15 is 0 Å². The number of terminal acetylenes is 1. The molecule has 0 aliphatic rings. The molecule has 0 rings (SSSR count). The summed E-state index contributed by atoms with van der Waals surface area (Å²) in [7, 11) is -0.250. The van der Waals surface area contributed by atoms with Crippen molar-refractivity contribution in [2.24, 2.45) is 0 Å². The fourth-order valence-corrected chi connectivity index (χ4v) is 0. The van der Waals surface area contributed by atoms with Crippen LogP contribution in [0, 0.1) is 12.8 Å². The Hall–Kier alpha value is -0.440. The molecule has 0 atom stereocenters. The SMILES string of the molecule is C.C.C.C.C.C.C.[3H]C#C.[3H]C[3H]. The Bertz CT molecular complexity index is 39.9. The van der Waals surface area contributed by atoms with Crippen molar-refractivity contribution < 1.29 is 4.11 Å². The molecular formula is C10H34. The van der Waals surface area contributed by atoms with Crippen molar-refractivity contribution in [2.45, 2.75) is 59.4 Å². The molecule has 0 N–H and O–H groups in total. The lowest BCUT2D eigenvalue weighted by Gasteiger charge is -0.701. The molecule has 74 valence electrons. The largest absolute Gasteiger partial charge is 0.124 e. The third kappa shape index (κ3) is 1680. The van der Waals surface area contributed by atoms with E-state index in [1.54, 1.807) is 0 Å². The van der Waals surface area contributed by atoms with Crippen LogP contribution in [-0.2, 0) is 0 Å². The number of hydrogen-bond acceptors (Lipinski definition) is 0. The molecule has 0 spiro atoms. The molecule has 0 saturated carbocycles. The molecule has 0 aromatic rings. The van der Waals surface area contributed by atoms with E-state index in [-0.39, 0.29) is 59.4 Å². The Morgan fingerprint density at radius 3 is 0.800 bits per heavy atom. The average molecular weight is 160 g/mol. The van der Waals surface area contributed by atoms with Gasteiger partial charge >= 0.3 is 0 Å². The van der Waals surface area contributed by atoms with E-state index < -0.39 is 0 Å². The van der Waals surface area contributed by atoms with Crippen molar-refractivity contribution in [3.63, 3.8) is 0 Å². The Balaban J connectivity index is -0.00000000229. The van der Waals surface area contributed by atoms with Crippen molar-refractivity contribution in [2.75, 3.05) is 0 Å². The Morgan fingerprint density at radius 2 is 0.800 bits per heavy atom. The summed E-state index contributed by atoms with van der Waals surface area (Å²) >= 11 is 0. The van der Waals surface area contributed by atoms with Gasteiger partial charge in [-0.2, -0.15) is 0 Å². The van der Waals surface area contributed by atoms with Gasteiger partial charge in [0, 0.05) is 2.74 Å². The Labute approximate surface area is 77.3 Å². The summed E-state index contributed by atoms with van der Waals surface area (Å²) in [6.07, 6.45) is 5.76. The van der Waals surface area contributed by atoms with Gasteiger partial charge in [-0.25, -0.2) is 0 Å². The van der Waals surface area contributed by atoms with Crippen LogP contribution < -0.4 is 0 Å². The average Bonchev–Trinajstić information content (AvgIpc) is 1.39. The van der Waals surface area contributed by atoms with Gasteiger partial charge in [0.1, 0.15) is 1.37 Å². The van der Waals surface area contributed by atoms with Gasteiger partial charge in [-0.05, 0) is 0 Å². The van der Waals surface area contributed by atoms with Gasteiger partial charge in [-0.15, -0.1) is 12.8 Å². The smallest absolute Gasteiger partial charge is 0.124 e. The summed E-state index contributed by atoms with van der Waals surface area (Å²) in [6.45, 7) is 0. The molecule has 10 heavy (non-hydrogen) atoms. The quantitative estimate of drug-likeness (QED) is 0.420. The van der Waals surface area contributed by atoms with Crippen molar-refractivity contribution in [1.29, 1.82) is 0 Å². The fraction of sp³-hybridized carbons (Fsp3) is 0.800. The van der Waals surface area contributed by atoms with E-state index in [1.807, 2.05) is 0 Å². The van der Waals surface area contributed by atoms with E-state index in [0.29, 0.717) is 0 Å². The van der Waals surface area contributed by atoms with Crippen LogP contribution in [0.5, 0.6) is 0 Å². The molecule has 0 aliphatic heterocycles. The van der Waals surface area contributed by atoms with Crippen LogP contribution in [0.1, 0.15) is 63.5 Å². The van der Waals surface area contributed by atoms with Gasteiger partial charge in [-0.3, -0.25) is 0 Å². The molecule has 0 heteroatoms. The second-order valence-electron chi connectivity index (χ2n) is 0. The first kappa shape index (κ1) is 55.3. The summed E-state index contributed by atoms with van der Waals surface area (Å²) in [5.41, 5.74) is 0. The summed E-state index contributed by atoms with van der Waals surface area (Å²) in [6, 6.07) is 0. The lowest BCUT2D eigenvalue weighted by molar-refractivity contribution is 2.50. The highest BCUT2D eigenvalue weighted by atomic mass is 12.6. The monoisotopic (exact) mass is 160 g/mol. The fourth-order valence-electron chi connectivity index (χ4n) is 0. The first-order chi connectivity index (χ1) is 2.83. The van der Waals surface area contributed by atoms with Gasteiger partial charge in [-0.1, -0.05) is 59.4 Å². The molecule has 0 heterocycles. The number of rotatable bonds is 0. The zero-order valence-electron chi connectivity index (χ0n) is 4.78. The normalized spacial score (nSPS) is 2.90. The van der Waals surface area contributed by atoms with E-state index in [9.17, 15) is 0 Å². The van der Waals surface area contributed by atoms with Crippen molar-refractivity contribution in [1.82, 2.24) is 0 Å². The third-order valence-electron chi connectivity index (χ3n) is 0. The highest BCUT2D eigenvalue weighted by Crippen LogP contribution is 0.579. The van der Waals surface area contributed by atoms with Crippen LogP contribution in [0.15, 0.2) is 0 Å². The van der Waals surface area contributed by atoms with Crippen LogP contribution in [0.25, 0.3) is 0 Å². The minimum absolute atomic E-state index is 0. The maximum absolute atomic E-state index is 5.88. The number of hydrogen-bond donors (Lipinski definition) is 0. The van der Waals surface area contributed by atoms with Crippen molar-refractivity contribution in [3.05, 3.63) is 0 Å². The van der Waals surface area contributed by atoms with E-state index in [4.69, 9.17) is 4.11 Å². The van der Waals surface area contributed by atoms with Crippen LogP contribution in [-0.4, -0.2) is 0 Å². The van der Waals surface area contributed by atoms with E-state index in [0.717, 1.165) is 0 Å². The van der Waals surface area contributed by atoms with Gasteiger partial charge < -0.3 is 0 Å². The molecular weight excluding hydrogens is 120 g/mol. The van der Waals surface area contributed by atoms with E-state index in [2.05, 4.69) is 6.42 Å². The molecule has 0 radical (unpaired) electrons. The second kappa shape index (κ2) is 2530. The zero-order valence-corrected chi connectivity index (χ0v) is 1.78. The molecule has 0 bridgehead atoms. The summed E-state index contributed by atoms with van der Waals surface area (Å²) in [5.74, 6) is 0. The molecule has 0 unspecified atom stereocenters. The lowest BCUT2D eigenvalue weighted by atomic mass is 11.4. The van der Waals surface area contributed by atoms with Gasteiger partial charge in [0.15, 0.2) is 0 Å². The maximum Gasteiger partial charge on any atom is 0.124 e. The van der Waals surface area contributed by atoms with Gasteiger partial charge in [0.25, 0.3) is 0 Å². The Kier molecular flexibility index (Phi) is 14000. The molecule has 0 amide bonds. The minimum atomic E-state index is -0.250. The Morgan fingerprint density at radius 1 is 0.800 bits per heavy atom. The van der Waals surface area contributed by atoms with E-state index in [1.165, 1.54) is 6.40 Å². The summed E-state index contributed by atoms with van der Waals surface area (Å²) < 4.78 is 17.5. The predicted octanol–water partition coefficient (Wildman–Crippen LogP) is 5.34. The van der Waals surface area contributed by atoms with Crippen LogP contribution >= 0.6 is 0 Å². The first-order valence-electron chi connectivity index (χ1n) is 2.20. The zero-order chi connectivity index (χ0) is 5.41. The maximum atomic E-state index is 5.88. The molecule has 0 aromatic heterocycles. The van der Waals surface area contributed by atoms with Gasteiger partial charge in [0.05, 0.1) is 0 Å². The predicted molar refractivity (Wildman–Crippen MR) is 63.7 cm³/mol. The molecule has 0 saturated heterocycles. The topological polar surface area (TPSA) is 0 Å². The summed E-state index contributed by atoms with van der Waals surface area (Å²) in [5, 5.41) is 0. The van der Waals surface area contributed by atoms with Crippen molar-refractivity contribution >= 4 is 0 Å². The summed E-state index contributed by atoms with van der Waals surface area (Å²) in [4.78, 5) is 0. The minimum Gasteiger partial charge on any atom is -0.124 e. The van der Waals surface area contributed by atoms with Crippen molar-refractivity contribution in [3.8, 4) is 12.8 Å². The highest BCUT2D eigenvalue weighted by molar-refractivity contribution is 4.47. The molecule has 0 fully saturated rings. The van der Waals surface area contributed by atoms with Crippen LogP contribution in [0.4, 0.5) is 0 Å². The van der Waals surface area contributed by atoms with Crippen LogP contribution in [0.3, 0.4) is 0 Å². The second-order valence-corrected chi connectivity index (χ2v) is 0. The molecule has 0 aliphatic carbocycles. The highest BCUT2D eigenvalue weighted by Gasteiger charge is 0.454. The molecule has 0 aromatic carbocycles. The molecule has 0 nitrogen and oxygen atoms in total. The van der Waals surface area contributed by atoms with Crippen LogP contribution in [0.2, 0.25) is 0 Å². The standard InChI is InChI=1S/C2H2.8CH4/c1-2;;;;;;;;/h1-2H;8*1H4/i1T;1T2;;;;;;;. The lowest BCUT2D eigenvalue weighted by Crippen LogP contribution is -0.576. The van der Waals surface area contributed by atoms with Gasteiger partial charge in [0.2, 0.25) is 0 Å².